The first-order valence-corrected chi connectivity index (χ1v) is 8.03. The van der Waals surface area contributed by atoms with Crippen LogP contribution < -0.4 is 0 Å². The van der Waals surface area contributed by atoms with E-state index in [-0.39, 0.29) is 0 Å². The highest BCUT2D eigenvalue weighted by Crippen LogP contribution is 2.33. The van der Waals surface area contributed by atoms with Gasteiger partial charge in [0.1, 0.15) is 5.82 Å². The average Bonchev–Trinajstić information content (AvgIpc) is 3.17. The molecule has 0 spiro atoms. The molecule has 22 heavy (non-hydrogen) atoms. The molecule has 1 aliphatic carbocycles. The molecule has 1 aromatic heterocycles. The topological polar surface area (TPSA) is 17.8 Å². The predicted molar refractivity (Wildman–Crippen MR) is 93.3 cm³/mol. The second-order valence-corrected chi connectivity index (χ2v) is 6.14. The summed E-state index contributed by atoms with van der Waals surface area (Å²) in [5, 5.41) is 0. The first kappa shape index (κ1) is 14.0. The summed E-state index contributed by atoms with van der Waals surface area (Å²) in [6, 6.07) is 16.5. The molecule has 3 heteroatoms. The van der Waals surface area contributed by atoms with Gasteiger partial charge in [-0.25, -0.2) is 4.98 Å². The first-order valence-electron chi connectivity index (χ1n) is 7.24. The maximum atomic E-state index is 4.86. The van der Waals surface area contributed by atoms with Gasteiger partial charge >= 0.3 is 0 Å². The van der Waals surface area contributed by atoms with E-state index in [9.17, 15) is 0 Å². The van der Waals surface area contributed by atoms with Crippen molar-refractivity contribution in [1.29, 1.82) is 0 Å². The fraction of sp³-hybridized carbons (Fsp3) is 0.0526. The van der Waals surface area contributed by atoms with E-state index in [0.29, 0.717) is 0 Å². The van der Waals surface area contributed by atoms with E-state index in [0.717, 1.165) is 33.4 Å². The van der Waals surface area contributed by atoms with Gasteiger partial charge in [-0.1, -0.05) is 46.3 Å². The molecule has 0 atom stereocenters. The van der Waals surface area contributed by atoms with E-state index in [1.807, 2.05) is 18.2 Å². The van der Waals surface area contributed by atoms with Gasteiger partial charge in [-0.05, 0) is 43.9 Å². The molecule has 5 radical (unpaired) electrons. The maximum absolute atomic E-state index is 4.86. The van der Waals surface area contributed by atoms with Gasteiger partial charge in [0.15, 0.2) is 0 Å². The molecule has 2 aromatic carbocycles. The third-order valence-corrected chi connectivity index (χ3v) is 4.53. The van der Waals surface area contributed by atoms with Crippen LogP contribution >= 0.6 is 15.9 Å². The molecular weight excluding hydrogens is 336 g/mol. The number of imidazole rings is 1. The lowest BCUT2D eigenvalue weighted by Crippen LogP contribution is -2.08. The van der Waals surface area contributed by atoms with Gasteiger partial charge in [-0.2, -0.15) is 0 Å². The Morgan fingerprint density at radius 2 is 1.64 bits per heavy atom. The van der Waals surface area contributed by atoms with Crippen LogP contribution in [0.2, 0.25) is 0 Å². The predicted octanol–water partition coefficient (Wildman–Crippen LogP) is 4.87. The number of aromatic nitrogens is 2. The molecule has 107 valence electrons. The zero-order valence-corrected chi connectivity index (χ0v) is 13.5. The molecule has 2 nitrogen and oxygen atoms in total. The molecule has 0 N–H and O–H groups in total. The summed E-state index contributed by atoms with van der Waals surface area (Å²) in [4.78, 5) is 4.86. The Labute approximate surface area is 139 Å². The number of fused-ring (bicyclic) bond motifs is 1. The summed E-state index contributed by atoms with van der Waals surface area (Å²) >= 11 is 3.65. The smallest absolute Gasteiger partial charge is 0.142 e. The second kappa shape index (κ2) is 5.88. The largest absolute Gasteiger partial charge is 0.323 e. The molecule has 1 aliphatic rings. The maximum Gasteiger partial charge on any atom is 0.142 e. The number of benzene rings is 2. The number of hydrogen-bond donors (Lipinski definition) is 0. The molecule has 1 saturated carbocycles. The van der Waals surface area contributed by atoms with Crippen LogP contribution in [-0.2, 0) is 6.54 Å². The lowest BCUT2D eigenvalue weighted by molar-refractivity contribution is 0.773. The van der Waals surface area contributed by atoms with Crippen molar-refractivity contribution in [3.05, 3.63) is 84.6 Å². The van der Waals surface area contributed by atoms with Crippen LogP contribution in [0, 0.1) is 31.6 Å². The molecule has 0 saturated heterocycles. The molecular formula is C19H14BrN2. The quantitative estimate of drug-likeness (QED) is 0.659. The Morgan fingerprint density at radius 1 is 0.909 bits per heavy atom. The minimum Gasteiger partial charge on any atom is -0.323 e. The Morgan fingerprint density at radius 3 is 2.45 bits per heavy atom. The van der Waals surface area contributed by atoms with Gasteiger partial charge in [0.2, 0.25) is 0 Å². The Kier molecular flexibility index (Phi) is 3.75. The van der Waals surface area contributed by atoms with Gasteiger partial charge in [-0.3, -0.25) is 0 Å². The molecule has 0 unspecified atom stereocenters. The second-order valence-electron chi connectivity index (χ2n) is 5.28. The third-order valence-electron chi connectivity index (χ3n) is 3.84. The van der Waals surface area contributed by atoms with Crippen molar-refractivity contribution in [3.63, 3.8) is 0 Å². The molecule has 1 heterocycles. The lowest BCUT2D eigenvalue weighted by Gasteiger charge is -2.14. The van der Waals surface area contributed by atoms with Crippen molar-refractivity contribution in [2.45, 2.75) is 6.54 Å². The van der Waals surface area contributed by atoms with Crippen LogP contribution in [0.5, 0.6) is 0 Å². The first-order chi connectivity index (χ1) is 10.8. The molecule has 4 rings (SSSR count). The highest BCUT2D eigenvalue weighted by atomic mass is 79.9. The van der Waals surface area contributed by atoms with Crippen molar-refractivity contribution < 1.29 is 0 Å². The van der Waals surface area contributed by atoms with Gasteiger partial charge < -0.3 is 4.57 Å². The van der Waals surface area contributed by atoms with Crippen molar-refractivity contribution in [1.82, 2.24) is 9.55 Å². The number of rotatable bonds is 3. The normalized spacial score (nSPS) is 15.7. The summed E-state index contributed by atoms with van der Waals surface area (Å²) in [6.07, 6.45) is 8.45. The number of halogens is 1. The fourth-order valence-corrected chi connectivity index (χ4v) is 3.25. The van der Waals surface area contributed by atoms with E-state index in [1.54, 1.807) is 0 Å². The van der Waals surface area contributed by atoms with Crippen molar-refractivity contribution in [3.8, 4) is 11.4 Å². The summed E-state index contributed by atoms with van der Waals surface area (Å²) in [7, 11) is 0. The van der Waals surface area contributed by atoms with E-state index in [1.165, 1.54) is 5.92 Å². The van der Waals surface area contributed by atoms with Gasteiger partial charge in [-0.15, -0.1) is 0 Å². The number of nitrogens with zero attached hydrogens (tertiary/aromatic N) is 2. The molecule has 0 aliphatic heterocycles. The Bertz CT molecular complexity index is 800. The van der Waals surface area contributed by atoms with Crippen LogP contribution in [0.3, 0.4) is 0 Å². The van der Waals surface area contributed by atoms with Crippen LogP contribution in [0.25, 0.3) is 22.4 Å². The van der Waals surface area contributed by atoms with Crippen molar-refractivity contribution in [2.75, 3.05) is 0 Å². The van der Waals surface area contributed by atoms with E-state index in [4.69, 9.17) is 4.98 Å². The Hall–Kier alpha value is -1.61. The van der Waals surface area contributed by atoms with Gasteiger partial charge in [0, 0.05) is 22.5 Å². The third kappa shape index (κ3) is 2.48. The van der Waals surface area contributed by atoms with Crippen LogP contribution in [0.15, 0.2) is 53.0 Å². The van der Waals surface area contributed by atoms with Gasteiger partial charge in [0.25, 0.3) is 0 Å². The zero-order valence-electron chi connectivity index (χ0n) is 11.9. The molecule has 3 aromatic rings. The number of hydrogen-bond acceptors (Lipinski definition) is 1. The summed E-state index contributed by atoms with van der Waals surface area (Å²) in [6.45, 7) is 0.824. The number of para-hydroxylation sites is 2. The van der Waals surface area contributed by atoms with Crippen molar-refractivity contribution in [2.24, 2.45) is 0 Å². The van der Waals surface area contributed by atoms with Crippen LogP contribution in [-0.4, -0.2) is 9.55 Å². The minimum atomic E-state index is 0.824. The monoisotopic (exact) mass is 349 g/mol. The van der Waals surface area contributed by atoms with Crippen molar-refractivity contribution >= 4 is 27.0 Å². The lowest BCUT2D eigenvalue weighted by atomic mass is 10.1. The van der Waals surface area contributed by atoms with E-state index >= 15 is 0 Å². The van der Waals surface area contributed by atoms with E-state index in [2.05, 4.69) is 76.5 Å². The summed E-state index contributed by atoms with van der Waals surface area (Å²) in [5.41, 5.74) is 3.31. The SMILES string of the molecule is Brc1ccccc1-c1nc2ccccc2n1C[C]1[CH][CH][CH][CH]1. The summed E-state index contributed by atoms with van der Waals surface area (Å²) in [5.74, 6) is 2.28. The molecule has 1 fully saturated rings. The standard InChI is InChI=1S/C19H14BrN2/c20-16-10-4-3-9-15(16)19-21-17-11-5-6-12-18(17)22(19)13-14-7-1-2-8-14/h1-12H,13H2. The molecule has 0 bridgehead atoms. The minimum absolute atomic E-state index is 0.824. The van der Waals surface area contributed by atoms with Crippen LogP contribution in [0.1, 0.15) is 0 Å². The van der Waals surface area contributed by atoms with E-state index < -0.39 is 0 Å². The highest BCUT2D eigenvalue weighted by molar-refractivity contribution is 9.10. The van der Waals surface area contributed by atoms with Crippen LogP contribution in [0.4, 0.5) is 0 Å². The molecule has 0 amide bonds. The average molecular weight is 350 g/mol. The fourth-order valence-electron chi connectivity index (χ4n) is 2.79. The highest BCUT2D eigenvalue weighted by Gasteiger charge is 2.21. The zero-order chi connectivity index (χ0) is 14.9. The van der Waals surface area contributed by atoms with Gasteiger partial charge in [0.05, 0.1) is 11.0 Å². The summed E-state index contributed by atoms with van der Waals surface area (Å²) < 4.78 is 3.35. The Balaban J connectivity index is 1.87.